The average molecular weight is 237 g/mol. The molecule has 0 radical (unpaired) electrons. The largest absolute Gasteiger partial charge is 0.394 e. The van der Waals surface area contributed by atoms with E-state index in [0.29, 0.717) is 6.54 Å². The number of aliphatic hydroxyl groups is 3. The third kappa shape index (κ3) is 4.28. The molecule has 0 amide bonds. The molecule has 4 heteroatoms. The van der Waals surface area contributed by atoms with Gasteiger partial charge in [-0.1, -0.05) is 36.4 Å². The van der Waals surface area contributed by atoms with Gasteiger partial charge in [0, 0.05) is 6.54 Å². The fourth-order valence-corrected chi connectivity index (χ4v) is 1.52. The smallest absolute Gasteiger partial charge is 0.105 e. The molecule has 4 nitrogen and oxygen atoms in total. The highest BCUT2D eigenvalue weighted by Crippen LogP contribution is 2.04. The molecule has 0 saturated heterocycles. The highest BCUT2D eigenvalue weighted by molar-refractivity contribution is 5.14. The zero-order valence-electron chi connectivity index (χ0n) is 9.66. The van der Waals surface area contributed by atoms with Gasteiger partial charge in [-0.05, 0) is 5.56 Å². The van der Waals surface area contributed by atoms with Gasteiger partial charge in [-0.2, -0.15) is 0 Å². The third-order valence-corrected chi connectivity index (χ3v) is 2.59. The SMILES string of the molecule is C=C[C@H](NCc1ccccc1)[C@@H](O)[C@@H](O)CO. The van der Waals surface area contributed by atoms with Crippen LogP contribution in [0.25, 0.3) is 0 Å². The second kappa shape index (κ2) is 7.19. The van der Waals surface area contributed by atoms with E-state index in [2.05, 4.69) is 11.9 Å². The predicted molar refractivity (Wildman–Crippen MR) is 66.4 cm³/mol. The van der Waals surface area contributed by atoms with Crippen LogP contribution in [-0.2, 0) is 6.54 Å². The summed E-state index contributed by atoms with van der Waals surface area (Å²) >= 11 is 0. The van der Waals surface area contributed by atoms with E-state index >= 15 is 0 Å². The number of hydrogen-bond acceptors (Lipinski definition) is 4. The van der Waals surface area contributed by atoms with E-state index in [9.17, 15) is 10.2 Å². The quantitative estimate of drug-likeness (QED) is 0.505. The minimum atomic E-state index is -1.17. The number of aliphatic hydroxyl groups excluding tert-OH is 3. The standard InChI is InChI=1S/C13H19NO3/c1-2-11(13(17)12(16)9-15)14-8-10-6-4-3-5-7-10/h2-7,11-17H,1,8-9H2/t11-,12-,13+/m0/s1. The van der Waals surface area contributed by atoms with Crippen LogP contribution in [0.4, 0.5) is 0 Å². The number of benzene rings is 1. The lowest BCUT2D eigenvalue weighted by molar-refractivity contribution is -0.0245. The van der Waals surface area contributed by atoms with Gasteiger partial charge in [0.1, 0.15) is 12.2 Å². The zero-order valence-corrected chi connectivity index (χ0v) is 9.66. The Labute approximate surface area is 101 Å². The minimum absolute atomic E-state index is 0.461. The molecule has 4 N–H and O–H groups in total. The molecule has 0 spiro atoms. The molecule has 1 aromatic rings. The van der Waals surface area contributed by atoms with Crippen molar-refractivity contribution in [1.82, 2.24) is 5.32 Å². The van der Waals surface area contributed by atoms with Crippen molar-refractivity contribution in [2.75, 3.05) is 6.61 Å². The van der Waals surface area contributed by atoms with Crippen LogP contribution >= 0.6 is 0 Å². The normalized spacial score (nSPS) is 16.2. The van der Waals surface area contributed by atoms with Crippen molar-refractivity contribution in [1.29, 1.82) is 0 Å². The average Bonchev–Trinajstić information content (AvgIpc) is 2.39. The number of rotatable bonds is 7. The summed E-state index contributed by atoms with van der Waals surface area (Å²) in [6.45, 7) is 3.68. The molecule has 0 aliphatic heterocycles. The molecular formula is C13H19NO3. The molecule has 1 aromatic carbocycles. The fraction of sp³-hybridized carbons (Fsp3) is 0.385. The van der Waals surface area contributed by atoms with Crippen LogP contribution in [0.1, 0.15) is 5.56 Å². The lowest BCUT2D eigenvalue weighted by Crippen LogP contribution is -2.46. The van der Waals surface area contributed by atoms with Crippen molar-refractivity contribution in [3.63, 3.8) is 0 Å². The fourth-order valence-electron chi connectivity index (χ4n) is 1.52. The summed E-state index contributed by atoms with van der Waals surface area (Å²) in [6, 6.07) is 9.25. The Morgan fingerprint density at radius 3 is 2.41 bits per heavy atom. The van der Waals surface area contributed by atoms with Gasteiger partial charge in [0.15, 0.2) is 0 Å². The Bertz CT molecular complexity index is 329. The monoisotopic (exact) mass is 237 g/mol. The summed E-state index contributed by atoms with van der Waals surface area (Å²) in [4.78, 5) is 0. The van der Waals surface area contributed by atoms with Crippen molar-refractivity contribution in [3.05, 3.63) is 48.6 Å². The molecule has 94 valence electrons. The summed E-state index contributed by atoms with van der Waals surface area (Å²) in [5.74, 6) is 0. The maximum Gasteiger partial charge on any atom is 0.105 e. The van der Waals surface area contributed by atoms with E-state index in [1.54, 1.807) is 0 Å². The highest BCUT2D eigenvalue weighted by Gasteiger charge is 2.22. The molecular weight excluding hydrogens is 218 g/mol. The van der Waals surface area contributed by atoms with Gasteiger partial charge in [-0.25, -0.2) is 0 Å². The van der Waals surface area contributed by atoms with E-state index in [-0.39, 0.29) is 0 Å². The highest BCUT2D eigenvalue weighted by atomic mass is 16.4. The molecule has 3 atom stereocenters. The summed E-state index contributed by atoms with van der Waals surface area (Å²) in [7, 11) is 0. The van der Waals surface area contributed by atoms with E-state index in [1.807, 2.05) is 30.3 Å². The van der Waals surface area contributed by atoms with Gasteiger partial charge >= 0.3 is 0 Å². The number of hydrogen-bond donors (Lipinski definition) is 4. The molecule has 0 heterocycles. The Morgan fingerprint density at radius 1 is 1.24 bits per heavy atom. The van der Waals surface area contributed by atoms with Crippen LogP contribution in [0.3, 0.4) is 0 Å². The molecule has 0 fully saturated rings. The summed E-state index contributed by atoms with van der Waals surface area (Å²) in [5.41, 5.74) is 1.07. The molecule has 0 saturated carbocycles. The van der Waals surface area contributed by atoms with Gasteiger partial charge in [0.05, 0.1) is 12.6 Å². The Kier molecular flexibility index (Phi) is 5.86. The zero-order chi connectivity index (χ0) is 12.7. The van der Waals surface area contributed by atoms with Gasteiger partial charge in [0.2, 0.25) is 0 Å². The van der Waals surface area contributed by atoms with Crippen LogP contribution in [0, 0.1) is 0 Å². The summed E-state index contributed by atoms with van der Waals surface area (Å²) < 4.78 is 0. The Morgan fingerprint density at radius 2 is 1.88 bits per heavy atom. The molecule has 0 aliphatic carbocycles. The van der Waals surface area contributed by atoms with E-state index < -0.39 is 24.9 Å². The second-order valence-electron chi connectivity index (χ2n) is 3.87. The Hall–Kier alpha value is -1.20. The Balaban J connectivity index is 2.50. The summed E-state index contributed by atoms with van der Waals surface area (Å²) in [5, 5.41) is 30.9. The van der Waals surface area contributed by atoms with Crippen LogP contribution in [0.5, 0.6) is 0 Å². The lowest BCUT2D eigenvalue weighted by atomic mass is 10.1. The topological polar surface area (TPSA) is 72.7 Å². The van der Waals surface area contributed by atoms with E-state index in [4.69, 9.17) is 5.11 Å². The molecule has 1 rings (SSSR count). The maximum absolute atomic E-state index is 9.71. The third-order valence-electron chi connectivity index (χ3n) is 2.59. The van der Waals surface area contributed by atoms with Crippen molar-refractivity contribution in [2.24, 2.45) is 0 Å². The predicted octanol–water partition coefficient (Wildman–Crippen LogP) is 0.0449. The van der Waals surface area contributed by atoms with Crippen molar-refractivity contribution in [3.8, 4) is 0 Å². The first-order valence-electron chi connectivity index (χ1n) is 5.56. The lowest BCUT2D eigenvalue weighted by Gasteiger charge is -2.24. The van der Waals surface area contributed by atoms with Crippen LogP contribution in [0.15, 0.2) is 43.0 Å². The molecule has 0 aliphatic rings. The van der Waals surface area contributed by atoms with Crippen molar-refractivity contribution < 1.29 is 15.3 Å². The van der Waals surface area contributed by atoms with Gasteiger partial charge < -0.3 is 20.6 Å². The first-order chi connectivity index (χ1) is 8.19. The van der Waals surface area contributed by atoms with E-state index in [0.717, 1.165) is 5.56 Å². The molecule has 0 bridgehead atoms. The van der Waals surface area contributed by atoms with Crippen molar-refractivity contribution >= 4 is 0 Å². The van der Waals surface area contributed by atoms with Crippen LogP contribution < -0.4 is 5.32 Å². The maximum atomic E-state index is 9.71. The first-order valence-corrected chi connectivity index (χ1v) is 5.56. The minimum Gasteiger partial charge on any atom is -0.394 e. The van der Waals surface area contributed by atoms with Crippen LogP contribution in [0.2, 0.25) is 0 Å². The van der Waals surface area contributed by atoms with E-state index in [1.165, 1.54) is 6.08 Å². The molecule has 0 unspecified atom stereocenters. The molecule has 0 aromatic heterocycles. The van der Waals surface area contributed by atoms with Gasteiger partial charge in [0.25, 0.3) is 0 Å². The second-order valence-corrected chi connectivity index (χ2v) is 3.87. The van der Waals surface area contributed by atoms with Crippen LogP contribution in [-0.4, -0.2) is 40.2 Å². The van der Waals surface area contributed by atoms with Gasteiger partial charge in [-0.15, -0.1) is 6.58 Å². The summed E-state index contributed by atoms with van der Waals surface area (Å²) in [6.07, 6.45) is -0.713. The first kappa shape index (κ1) is 13.9. The number of nitrogens with one attached hydrogen (secondary N) is 1. The van der Waals surface area contributed by atoms with Gasteiger partial charge in [-0.3, -0.25) is 0 Å². The van der Waals surface area contributed by atoms with Crippen molar-refractivity contribution in [2.45, 2.75) is 24.8 Å². The molecule has 17 heavy (non-hydrogen) atoms.